The molecule has 112 valence electrons. The van der Waals surface area contributed by atoms with Gasteiger partial charge in [-0.05, 0) is 43.4 Å². The Hall–Kier alpha value is -1.61. The Labute approximate surface area is 126 Å². The Morgan fingerprint density at radius 3 is 2.67 bits per heavy atom. The molecule has 1 fully saturated rings. The van der Waals surface area contributed by atoms with Crippen LogP contribution in [0.15, 0.2) is 34.9 Å². The Morgan fingerprint density at radius 1 is 1.29 bits per heavy atom. The summed E-state index contributed by atoms with van der Waals surface area (Å²) >= 11 is 0. The van der Waals surface area contributed by atoms with Crippen LogP contribution in [0.4, 0.5) is 0 Å². The van der Waals surface area contributed by atoms with Gasteiger partial charge in [0, 0.05) is 12.6 Å². The van der Waals surface area contributed by atoms with Crippen molar-refractivity contribution < 1.29 is 4.52 Å². The molecule has 1 saturated heterocycles. The van der Waals surface area contributed by atoms with E-state index in [1.807, 2.05) is 6.92 Å². The van der Waals surface area contributed by atoms with Crippen LogP contribution in [0.25, 0.3) is 0 Å². The molecule has 0 N–H and O–H groups in total. The van der Waals surface area contributed by atoms with Crippen molar-refractivity contribution in [2.24, 2.45) is 0 Å². The standard InChI is InChI=1S/C18H24N2O/c1-13(2)16-8-6-15(7-9-16)12-20-10-4-5-17(20)18-11-14(3)19-21-18/h6-9,11,13,17H,4-5,10,12H2,1-3H3. The minimum atomic E-state index is 0.385. The van der Waals surface area contributed by atoms with Crippen LogP contribution in [0, 0.1) is 6.92 Å². The largest absolute Gasteiger partial charge is 0.359 e. The molecule has 1 aromatic carbocycles. The van der Waals surface area contributed by atoms with Gasteiger partial charge in [0.05, 0.1) is 11.7 Å². The summed E-state index contributed by atoms with van der Waals surface area (Å²) in [6.07, 6.45) is 2.40. The molecule has 0 spiro atoms. The van der Waals surface area contributed by atoms with Crippen molar-refractivity contribution >= 4 is 0 Å². The van der Waals surface area contributed by atoms with Gasteiger partial charge in [-0.2, -0.15) is 0 Å². The Balaban J connectivity index is 1.71. The number of rotatable bonds is 4. The lowest BCUT2D eigenvalue weighted by atomic mass is 10.0. The van der Waals surface area contributed by atoms with Crippen LogP contribution in [0.3, 0.4) is 0 Å². The van der Waals surface area contributed by atoms with E-state index in [1.54, 1.807) is 0 Å². The Bertz CT molecular complexity index is 586. The molecule has 0 amide bonds. The van der Waals surface area contributed by atoms with Crippen LogP contribution in [-0.2, 0) is 6.54 Å². The first-order valence-corrected chi connectivity index (χ1v) is 7.89. The number of aryl methyl sites for hydroxylation is 1. The normalized spacial score (nSPS) is 19.5. The van der Waals surface area contributed by atoms with Gasteiger partial charge in [-0.1, -0.05) is 43.3 Å². The number of benzene rings is 1. The predicted octanol–water partition coefficient (Wildman–Crippen LogP) is 4.44. The molecule has 0 bridgehead atoms. The van der Waals surface area contributed by atoms with Gasteiger partial charge in [0.2, 0.25) is 0 Å². The summed E-state index contributed by atoms with van der Waals surface area (Å²) < 4.78 is 5.48. The number of hydrogen-bond acceptors (Lipinski definition) is 3. The summed E-state index contributed by atoms with van der Waals surface area (Å²) in [7, 11) is 0. The smallest absolute Gasteiger partial charge is 0.154 e. The molecule has 3 nitrogen and oxygen atoms in total. The minimum Gasteiger partial charge on any atom is -0.359 e. The molecule has 3 rings (SSSR count). The fraction of sp³-hybridized carbons (Fsp3) is 0.500. The van der Waals surface area contributed by atoms with E-state index in [1.165, 1.54) is 24.0 Å². The van der Waals surface area contributed by atoms with Gasteiger partial charge in [-0.15, -0.1) is 0 Å². The van der Waals surface area contributed by atoms with E-state index < -0.39 is 0 Å². The molecule has 21 heavy (non-hydrogen) atoms. The molecule has 2 aromatic rings. The first-order chi connectivity index (χ1) is 10.1. The third kappa shape index (κ3) is 3.18. The van der Waals surface area contributed by atoms with Gasteiger partial charge in [-0.25, -0.2) is 0 Å². The van der Waals surface area contributed by atoms with Crippen LogP contribution in [-0.4, -0.2) is 16.6 Å². The topological polar surface area (TPSA) is 29.3 Å². The van der Waals surface area contributed by atoms with E-state index in [2.05, 4.69) is 54.2 Å². The number of nitrogens with zero attached hydrogens (tertiary/aromatic N) is 2. The summed E-state index contributed by atoms with van der Waals surface area (Å²) in [5, 5.41) is 4.03. The van der Waals surface area contributed by atoms with E-state index in [9.17, 15) is 0 Å². The molecular weight excluding hydrogens is 260 g/mol. The van der Waals surface area contributed by atoms with Crippen molar-refractivity contribution in [1.82, 2.24) is 10.1 Å². The van der Waals surface area contributed by atoms with Gasteiger partial charge in [0.15, 0.2) is 5.76 Å². The van der Waals surface area contributed by atoms with Crippen molar-refractivity contribution in [2.75, 3.05) is 6.54 Å². The van der Waals surface area contributed by atoms with Crippen molar-refractivity contribution in [3.63, 3.8) is 0 Å². The first kappa shape index (κ1) is 14.3. The average Bonchev–Trinajstić information content (AvgIpc) is 3.08. The van der Waals surface area contributed by atoms with E-state index in [0.29, 0.717) is 12.0 Å². The molecule has 1 atom stereocenters. The zero-order chi connectivity index (χ0) is 14.8. The summed E-state index contributed by atoms with van der Waals surface area (Å²) in [6, 6.07) is 11.5. The van der Waals surface area contributed by atoms with Crippen LogP contribution in [0.2, 0.25) is 0 Å². The third-order valence-corrected chi connectivity index (χ3v) is 4.37. The summed E-state index contributed by atoms with van der Waals surface area (Å²) in [5.41, 5.74) is 3.75. The molecule has 1 aromatic heterocycles. The highest BCUT2D eigenvalue weighted by atomic mass is 16.5. The SMILES string of the molecule is Cc1cc(C2CCCN2Cc2ccc(C(C)C)cc2)on1. The van der Waals surface area contributed by atoms with Crippen LogP contribution in [0.1, 0.15) is 61.2 Å². The lowest BCUT2D eigenvalue weighted by molar-refractivity contribution is 0.206. The second kappa shape index (κ2) is 6.02. The molecule has 2 heterocycles. The third-order valence-electron chi connectivity index (χ3n) is 4.37. The average molecular weight is 284 g/mol. The highest BCUT2D eigenvalue weighted by molar-refractivity contribution is 5.25. The van der Waals surface area contributed by atoms with E-state index in [0.717, 1.165) is 24.5 Å². The minimum absolute atomic E-state index is 0.385. The Morgan fingerprint density at radius 2 is 2.05 bits per heavy atom. The summed E-state index contributed by atoms with van der Waals surface area (Å²) in [5.74, 6) is 1.61. The van der Waals surface area contributed by atoms with Gasteiger partial charge in [-0.3, -0.25) is 4.90 Å². The fourth-order valence-electron chi connectivity index (χ4n) is 3.12. The molecular formula is C18H24N2O. The molecule has 1 unspecified atom stereocenters. The second-order valence-electron chi connectivity index (χ2n) is 6.40. The zero-order valence-electron chi connectivity index (χ0n) is 13.2. The van der Waals surface area contributed by atoms with E-state index >= 15 is 0 Å². The van der Waals surface area contributed by atoms with Gasteiger partial charge < -0.3 is 4.52 Å². The molecule has 3 heteroatoms. The van der Waals surface area contributed by atoms with Gasteiger partial charge >= 0.3 is 0 Å². The summed E-state index contributed by atoms with van der Waals surface area (Å²) in [6.45, 7) is 8.57. The van der Waals surface area contributed by atoms with Crippen molar-refractivity contribution in [1.29, 1.82) is 0 Å². The molecule has 0 saturated carbocycles. The quantitative estimate of drug-likeness (QED) is 0.831. The van der Waals surface area contributed by atoms with Crippen molar-refractivity contribution in [2.45, 2.75) is 52.1 Å². The second-order valence-corrected chi connectivity index (χ2v) is 6.40. The molecule has 0 radical (unpaired) electrons. The maximum absolute atomic E-state index is 5.48. The van der Waals surface area contributed by atoms with Crippen LogP contribution >= 0.6 is 0 Å². The van der Waals surface area contributed by atoms with E-state index in [-0.39, 0.29) is 0 Å². The maximum atomic E-state index is 5.48. The summed E-state index contributed by atoms with van der Waals surface area (Å²) in [4.78, 5) is 2.50. The van der Waals surface area contributed by atoms with Gasteiger partial charge in [0.1, 0.15) is 0 Å². The molecule has 0 aliphatic carbocycles. The van der Waals surface area contributed by atoms with Crippen LogP contribution < -0.4 is 0 Å². The van der Waals surface area contributed by atoms with Crippen molar-refractivity contribution in [3.05, 3.63) is 52.9 Å². The zero-order valence-corrected chi connectivity index (χ0v) is 13.2. The highest BCUT2D eigenvalue weighted by Gasteiger charge is 2.28. The van der Waals surface area contributed by atoms with Crippen molar-refractivity contribution in [3.8, 4) is 0 Å². The highest BCUT2D eigenvalue weighted by Crippen LogP contribution is 2.33. The predicted molar refractivity (Wildman–Crippen MR) is 84.2 cm³/mol. The van der Waals surface area contributed by atoms with Crippen LogP contribution in [0.5, 0.6) is 0 Å². The Kier molecular flexibility index (Phi) is 4.11. The lowest BCUT2D eigenvalue weighted by Gasteiger charge is -2.22. The first-order valence-electron chi connectivity index (χ1n) is 7.89. The molecule has 1 aliphatic rings. The lowest BCUT2D eigenvalue weighted by Crippen LogP contribution is -2.22. The molecule has 1 aliphatic heterocycles. The monoisotopic (exact) mass is 284 g/mol. The van der Waals surface area contributed by atoms with E-state index in [4.69, 9.17) is 4.52 Å². The fourth-order valence-corrected chi connectivity index (χ4v) is 3.12. The number of likely N-dealkylation sites (tertiary alicyclic amines) is 1. The number of hydrogen-bond donors (Lipinski definition) is 0. The van der Waals surface area contributed by atoms with Gasteiger partial charge in [0.25, 0.3) is 0 Å². The number of aromatic nitrogens is 1. The maximum Gasteiger partial charge on any atom is 0.154 e.